The van der Waals surface area contributed by atoms with Crippen molar-refractivity contribution >= 4 is 33.6 Å². The molecule has 166 valence electrons. The van der Waals surface area contributed by atoms with Gasteiger partial charge in [-0.3, -0.25) is 0 Å². The maximum atomic E-state index is 12.1. The number of rotatable bonds is 14. The number of ether oxygens (including phenoxy) is 2. The van der Waals surface area contributed by atoms with Crippen molar-refractivity contribution in [3.8, 4) is 5.75 Å². The molecule has 7 heteroatoms. The number of carbonyl (C=O) groups excluding carboxylic acids is 2. The Kier molecular flexibility index (Phi) is 11.2. The van der Waals surface area contributed by atoms with E-state index in [0.29, 0.717) is 24.5 Å². The zero-order chi connectivity index (χ0) is 22.3. The molecule has 0 aromatic heterocycles. The van der Waals surface area contributed by atoms with Crippen molar-refractivity contribution in [1.29, 1.82) is 0 Å². The Morgan fingerprint density at radius 1 is 0.871 bits per heavy atom. The number of hydrogen-bond acceptors (Lipinski definition) is 6. The Balaban J connectivity index is 1.54. The number of halogens is 1. The second-order valence-corrected chi connectivity index (χ2v) is 7.78. The third-order valence-electron chi connectivity index (χ3n) is 4.41. The molecule has 2 aromatic rings. The van der Waals surface area contributed by atoms with Gasteiger partial charge in [0.15, 0.2) is 0 Å². The molecule has 2 aromatic carbocycles. The number of esters is 1. The summed E-state index contributed by atoms with van der Waals surface area (Å²) in [6, 6.07) is 14.2. The van der Waals surface area contributed by atoms with Gasteiger partial charge in [0, 0.05) is 10.5 Å². The second kappa shape index (κ2) is 14.2. The number of unbranched alkanes of at least 4 members (excludes halogenated alkanes) is 5. The second-order valence-electron chi connectivity index (χ2n) is 6.86. The molecule has 0 bridgehead atoms. The first kappa shape index (κ1) is 24.5. The van der Waals surface area contributed by atoms with E-state index in [2.05, 4.69) is 28.0 Å². The van der Waals surface area contributed by atoms with Crippen LogP contribution in [0.25, 0.3) is 0 Å². The fourth-order valence-corrected chi connectivity index (χ4v) is 2.97. The van der Waals surface area contributed by atoms with Crippen LogP contribution in [0.15, 0.2) is 65.7 Å². The van der Waals surface area contributed by atoms with Crippen LogP contribution in [0.4, 0.5) is 5.69 Å². The highest BCUT2D eigenvalue weighted by Crippen LogP contribution is 2.16. The number of hydrogen-bond donors (Lipinski definition) is 1. The maximum absolute atomic E-state index is 12.1. The fraction of sp³-hybridized carbons (Fsp3) is 0.333. The van der Waals surface area contributed by atoms with E-state index in [9.17, 15) is 9.59 Å². The average molecular weight is 490 g/mol. The first-order valence-corrected chi connectivity index (χ1v) is 11.1. The maximum Gasteiger partial charge on any atom is 0.362 e. The molecule has 0 spiro atoms. The van der Waals surface area contributed by atoms with E-state index in [-0.39, 0.29) is 5.97 Å². The number of nitrogens with one attached hydrogen (secondary N) is 1. The van der Waals surface area contributed by atoms with Crippen molar-refractivity contribution in [1.82, 2.24) is 0 Å². The molecule has 0 heterocycles. The van der Waals surface area contributed by atoms with E-state index in [0.717, 1.165) is 48.7 Å². The molecule has 0 saturated heterocycles. The molecular formula is C24H28BrNO5. The standard InChI is InChI=1S/C24H28BrNO5/c1-2-23(27)30-18-8-6-4-3-5-7-17-29-22-15-9-19(10-16-22)24(28)31-26-21-13-11-20(25)12-14-21/h2,9-16,26H,1,3-8,17-18H2. The van der Waals surface area contributed by atoms with E-state index in [1.807, 2.05) is 12.1 Å². The minimum absolute atomic E-state index is 0.362. The monoisotopic (exact) mass is 489 g/mol. The summed E-state index contributed by atoms with van der Waals surface area (Å²) in [7, 11) is 0. The van der Waals surface area contributed by atoms with Crippen LogP contribution in [0, 0.1) is 0 Å². The molecule has 6 nitrogen and oxygen atoms in total. The third-order valence-corrected chi connectivity index (χ3v) is 4.94. The van der Waals surface area contributed by atoms with E-state index < -0.39 is 5.97 Å². The lowest BCUT2D eigenvalue weighted by Crippen LogP contribution is -2.10. The van der Waals surface area contributed by atoms with Crippen LogP contribution in [-0.4, -0.2) is 25.2 Å². The van der Waals surface area contributed by atoms with Crippen LogP contribution in [-0.2, 0) is 14.4 Å². The van der Waals surface area contributed by atoms with Gasteiger partial charge in [0.05, 0.1) is 24.5 Å². The van der Waals surface area contributed by atoms with Gasteiger partial charge in [-0.15, -0.1) is 0 Å². The molecular weight excluding hydrogens is 462 g/mol. The number of anilines is 1. The fourth-order valence-electron chi connectivity index (χ4n) is 2.70. The Labute approximate surface area is 191 Å². The van der Waals surface area contributed by atoms with Crippen molar-refractivity contribution in [2.24, 2.45) is 0 Å². The molecule has 0 fully saturated rings. The number of carbonyl (C=O) groups is 2. The molecule has 31 heavy (non-hydrogen) atoms. The molecule has 0 atom stereocenters. The summed E-state index contributed by atoms with van der Waals surface area (Å²) in [5.74, 6) is -0.102. The van der Waals surface area contributed by atoms with Crippen LogP contribution >= 0.6 is 15.9 Å². The normalized spacial score (nSPS) is 10.2. The van der Waals surface area contributed by atoms with E-state index in [1.54, 1.807) is 36.4 Å². The first-order valence-electron chi connectivity index (χ1n) is 10.3. The van der Waals surface area contributed by atoms with Crippen molar-refractivity contribution in [2.45, 2.75) is 38.5 Å². The van der Waals surface area contributed by atoms with Crippen LogP contribution in [0.1, 0.15) is 48.9 Å². The lowest BCUT2D eigenvalue weighted by molar-refractivity contribution is -0.137. The summed E-state index contributed by atoms with van der Waals surface area (Å²) < 4.78 is 11.6. The lowest BCUT2D eigenvalue weighted by Gasteiger charge is -2.09. The molecule has 0 saturated carbocycles. The zero-order valence-corrected chi connectivity index (χ0v) is 19.1. The first-order chi connectivity index (χ1) is 15.1. The predicted molar refractivity (Wildman–Crippen MR) is 124 cm³/mol. The minimum atomic E-state index is -0.464. The highest BCUT2D eigenvalue weighted by Gasteiger charge is 2.08. The van der Waals surface area contributed by atoms with Gasteiger partial charge in [-0.2, -0.15) is 0 Å². The van der Waals surface area contributed by atoms with Crippen molar-refractivity contribution in [3.63, 3.8) is 0 Å². The summed E-state index contributed by atoms with van der Waals surface area (Å²) >= 11 is 3.35. The van der Waals surface area contributed by atoms with E-state index >= 15 is 0 Å². The summed E-state index contributed by atoms with van der Waals surface area (Å²) in [6.45, 7) is 4.45. The van der Waals surface area contributed by atoms with Crippen LogP contribution in [0.3, 0.4) is 0 Å². The van der Waals surface area contributed by atoms with E-state index in [4.69, 9.17) is 14.3 Å². The minimum Gasteiger partial charge on any atom is -0.494 e. The molecule has 0 aliphatic heterocycles. The number of benzene rings is 2. The summed E-state index contributed by atoms with van der Waals surface area (Å²) in [6.07, 6.45) is 7.38. The van der Waals surface area contributed by atoms with Gasteiger partial charge < -0.3 is 14.3 Å². The molecule has 0 unspecified atom stereocenters. The Hall–Kier alpha value is -2.80. The van der Waals surface area contributed by atoms with Crippen LogP contribution in [0.5, 0.6) is 5.75 Å². The van der Waals surface area contributed by atoms with E-state index in [1.165, 1.54) is 6.08 Å². The van der Waals surface area contributed by atoms with Crippen LogP contribution in [0.2, 0.25) is 0 Å². The SMILES string of the molecule is C=CC(=O)OCCCCCCCCOc1ccc(C(=O)ONc2ccc(Br)cc2)cc1. The largest absolute Gasteiger partial charge is 0.494 e. The Morgan fingerprint density at radius 3 is 2.13 bits per heavy atom. The topological polar surface area (TPSA) is 73.9 Å². The third kappa shape index (κ3) is 10.2. The quantitative estimate of drug-likeness (QED) is 0.150. The molecule has 0 aliphatic rings. The summed E-state index contributed by atoms with van der Waals surface area (Å²) in [5, 5.41) is 0. The highest BCUT2D eigenvalue weighted by molar-refractivity contribution is 9.10. The van der Waals surface area contributed by atoms with Crippen LogP contribution < -0.4 is 10.2 Å². The smallest absolute Gasteiger partial charge is 0.362 e. The van der Waals surface area contributed by atoms with Gasteiger partial charge in [-0.05, 0) is 61.4 Å². The van der Waals surface area contributed by atoms with Gasteiger partial charge in [0.25, 0.3) is 0 Å². The van der Waals surface area contributed by atoms with Gasteiger partial charge in [-0.1, -0.05) is 48.2 Å². The zero-order valence-electron chi connectivity index (χ0n) is 17.5. The van der Waals surface area contributed by atoms with Gasteiger partial charge in [0.2, 0.25) is 0 Å². The molecule has 0 aliphatic carbocycles. The summed E-state index contributed by atoms with van der Waals surface area (Å²) in [5.41, 5.74) is 3.76. The van der Waals surface area contributed by atoms with Gasteiger partial charge >= 0.3 is 11.9 Å². The lowest BCUT2D eigenvalue weighted by atomic mass is 10.1. The predicted octanol–water partition coefficient (Wildman–Crippen LogP) is 6.08. The molecule has 1 N–H and O–H groups in total. The van der Waals surface area contributed by atoms with Gasteiger partial charge in [0.1, 0.15) is 5.75 Å². The molecule has 0 amide bonds. The van der Waals surface area contributed by atoms with Crippen molar-refractivity contribution in [3.05, 3.63) is 71.2 Å². The Morgan fingerprint density at radius 2 is 1.48 bits per heavy atom. The van der Waals surface area contributed by atoms with Crippen molar-refractivity contribution < 1.29 is 23.9 Å². The Bertz CT molecular complexity index is 821. The molecule has 0 radical (unpaired) electrons. The summed E-state index contributed by atoms with van der Waals surface area (Å²) in [4.78, 5) is 28.1. The molecule has 2 rings (SSSR count). The highest BCUT2D eigenvalue weighted by atomic mass is 79.9. The van der Waals surface area contributed by atoms with Crippen molar-refractivity contribution in [2.75, 3.05) is 18.7 Å². The average Bonchev–Trinajstić information content (AvgIpc) is 2.79. The van der Waals surface area contributed by atoms with Gasteiger partial charge in [-0.25, -0.2) is 15.1 Å².